The fraction of sp³-hybridized carbons (Fsp3) is 0.417. The topological polar surface area (TPSA) is 72.2 Å². The maximum atomic E-state index is 12.8. The van der Waals surface area contributed by atoms with Crippen molar-refractivity contribution >= 4 is 5.91 Å². The molecule has 2 atom stereocenters. The number of carbonyl (C=O) groups excluding carboxylic acids is 1. The van der Waals surface area contributed by atoms with Crippen LogP contribution in [0.5, 0.6) is 0 Å². The molecule has 1 saturated heterocycles. The molecule has 0 radical (unpaired) electrons. The van der Waals surface area contributed by atoms with E-state index in [0.29, 0.717) is 5.56 Å². The van der Waals surface area contributed by atoms with Gasteiger partial charge in [0.1, 0.15) is 6.67 Å². The van der Waals surface area contributed by atoms with Crippen LogP contribution in [0.2, 0.25) is 0 Å². The van der Waals surface area contributed by atoms with Gasteiger partial charge in [0.2, 0.25) is 5.91 Å². The number of hydrogen-bond donors (Lipinski definition) is 1. The smallest absolute Gasteiger partial charge is 0.264 e. The van der Waals surface area contributed by atoms with Gasteiger partial charge in [-0.3, -0.25) is 19.3 Å². The van der Waals surface area contributed by atoms with Crippen LogP contribution in [0.3, 0.4) is 0 Å². The Bertz CT molecular complexity index is 466. The van der Waals surface area contributed by atoms with E-state index in [4.69, 9.17) is 0 Å². The number of rotatable bonds is 3. The third kappa shape index (κ3) is 1.94. The Hall–Kier alpha value is -1.98. The number of hydrogen-bond acceptors (Lipinski definition) is 3. The number of benzene rings is 1. The van der Waals surface area contributed by atoms with Gasteiger partial charge in [0.05, 0.1) is 12.5 Å². The number of nitrogens with zero attached hydrogens (tertiary/aromatic N) is 1. The van der Waals surface area contributed by atoms with Gasteiger partial charge < -0.3 is 5.32 Å². The van der Waals surface area contributed by atoms with Crippen LogP contribution in [0.25, 0.3) is 0 Å². The maximum absolute atomic E-state index is 12.8. The normalized spacial score (nSPS) is 27.6. The van der Waals surface area contributed by atoms with Crippen molar-refractivity contribution < 1.29 is 14.1 Å². The number of amides is 1. The van der Waals surface area contributed by atoms with Crippen LogP contribution >= 0.6 is 0 Å². The molecule has 5 nitrogen and oxygen atoms in total. The van der Waals surface area contributed by atoms with Crippen molar-refractivity contribution in [3.05, 3.63) is 46.0 Å². The lowest BCUT2D eigenvalue weighted by molar-refractivity contribution is -0.580. The standard InChI is InChI=1S/C12H13FN2O3/c13-7-9-6-12(15(17)18,8-14-11(9)16)10-4-2-1-3-5-10/h1-5,9H,6-8H2,(H,14,16). The zero-order chi connectivity index (χ0) is 13.2. The summed E-state index contributed by atoms with van der Waals surface area (Å²) in [7, 11) is 0. The molecule has 0 aromatic heterocycles. The van der Waals surface area contributed by atoms with Crippen LogP contribution < -0.4 is 5.32 Å². The lowest BCUT2D eigenvalue weighted by Gasteiger charge is -2.33. The second kappa shape index (κ2) is 4.72. The zero-order valence-electron chi connectivity index (χ0n) is 9.64. The van der Waals surface area contributed by atoms with Gasteiger partial charge in [-0.1, -0.05) is 30.3 Å². The van der Waals surface area contributed by atoms with Gasteiger partial charge in [0, 0.05) is 16.9 Å². The van der Waals surface area contributed by atoms with Gasteiger partial charge >= 0.3 is 0 Å². The summed E-state index contributed by atoms with van der Waals surface area (Å²) in [5.41, 5.74) is -0.931. The van der Waals surface area contributed by atoms with Gasteiger partial charge in [-0.15, -0.1) is 0 Å². The van der Waals surface area contributed by atoms with Crippen LogP contribution in [0.4, 0.5) is 4.39 Å². The Kier molecular flexibility index (Phi) is 3.27. The van der Waals surface area contributed by atoms with Crippen molar-refractivity contribution in [3.63, 3.8) is 0 Å². The van der Waals surface area contributed by atoms with Crippen molar-refractivity contribution in [2.24, 2.45) is 5.92 Å². The van der Waals surface area contributed by atoms with Gasteiger partial charge in [-0.2, -0.15) is 0 Å². The summed E-state index contributed by atoms with van der Waals surface area (Å²) in [6, 6.07) is 8.42. The number of nitro groups is 1. The molecule has 2 unspecified atom stereocenters. The SMILES string of the molecule is O=C1NCC(c2ccccc2)([N+](=O)[O-])CC1CF. The summed E-state index contributed by atoms with van der Waals surface area (Å²) in [5.74, 6) is -1.41. The largest absolute Gasteiger partial charge is 0.348 e. The molecule has 1 amide bonds. The molecule has 1 N–H and O–H groups in total. The maximum Gasteiger partial charge on any atom is 0.264 e. The highest BCUT2D eigenvalue weighted by molar-refractivity contribution is 5.80. The van der Waals surface area contributed by atoms with Crippen molar-refractivity contribution in [1.82, 2.24) is 5.32 Å². The van der Waals surface area contributed by atoms with Crippen LogP contribution in [0.15, 0.2) is 30.3 Å². The molecular weight excluding hydrogens is 239 g/mol. The predicted octanol–water partition coefficient (Wildman–Crippen LogP) is 1.26. The summed E-state index contributed by atoms with van der Waals surface area (Å²) in [5, 5.41) is 13.8. The predicted molar refractivity (Wildman–Crippen MR) is 62.2 cm³/mol. The van der Waals surface area contributed by atoms with E-state index in [2.05, 4.69) is 5.32 Å². The quantitative estimate of drug-likeness (QED) is 0.650. The van der Waals surface area contributed by atoms with Crippen molar-refractivity contribution in [3.8, 4) is 0 Å². The minimum Gasteiger partial charge on any atom is -0.348 e. The van der Waals surface area contributed by atoms with Crippen LogP contribution in [0, 0.1) is 16.0 Å². The van der Waals surface area contributed by atoms with E-state index in [0.717, 1.165) is 0 Å². The first-order valence-corrected chi connectivity index (χ1v) is 5.64. The van der Waals surface area contributed by atoms with E-state index in [1.807, 2.05) is 0 Å². The number of halogens is 1. The Morgan fingerprint density at radius 1 is 1.44 bits per heavy atom. The van der Waals surface area contributed by atoms with E-state index >= 15 is 0 Å². The highest BCUT2D eigenvalue weighted by Crippen LogP contribution is 2.34. The molecule has 1 aliphatic rings. The fourth-order valence-electron chi connectivity index (χ4n) is 2.29. The van der Waals surface area contributed by atoms with Crippen molar-refractivity contribution in [1.29, 1.82) is 0 Å². The summed E-state index contributed by atoms with van der Waals surface area (Å²) >= 11 is 0. The first-order valence-electron chi connectivity index (χ1n) is 5.64. The van der Waals surface area contributed by atoms with Gasteiger partial charge in [0.15, 0.2) is 0 Å². The highest BCUT2D eigenvalue weighted by atomic mass is 19.1. The summed E-state index contributed by atoms with van der Waals surface area (Å²) in [4.78, 5) is 22.3. The van der Waals surface area contributed by atoms with E-state index in [1.165, 1.54) is 0 Å². The molecule has 6 heteroatoms. The van der Waals surface area contributed by atoms with Gasteiger partial charge in [0.25, 0.3) is 5.54 Å². The monoisotopic (exact) mass is 252 g/mol. The average molecular weight is 252 g/mol. The number of alkyl halides is 1. The van der Waals surface area contributed by atoms with E-state index in [1.54, 1.807) is 30.3 Å². The first-order chi connectivity index (χ1) is 8.60. The molecule has 2 rings (SSSR count). The Labute approximate surface area is 103 Å². The Morgan fingerprint density at radius 2 is 2.11 bits per heavy atom. The summed E-state index contributed by atoms with van der Waals surface area (Å²) in [6.07, 6.45) is -0.105. The van der Waals surface area contributed by atoms with Crippen LogP contribution in [-0.2, 0) is 10.3 Å². The third-order valence-electron chi connectivity index (χ3n) is 3.36. The third-order valence-corrected chi connectivity index (χ3v) is 3.36. The molecule has 1 fully saturated rings. The van der Waals surface area contributed by atoms with Gasteiger partial charge in [-0.25, -0.2) is 0 Å². The average Bonchev–Trinajstić information content (AvgIpc) is 2.40. The van der Waals surface area contributed by atoms with E-state index in [-0.39, 0.29) is 13.0 Å². The molecule has 1 heterocycles. The summed E-state index contributed by atoms with van der Waals surface area (Å²) < 4.78 is 12.8. The molecule has 18 heavy (non-hydrogen) atoms. The van der Waals surface area contributed by atoms with E-state index in [9.17, 15) is 19.3 Å². The molecule has 0 bridgehead atoms. The molecule has 1 aliphatic heterocycles. The lowest BCUT2D eigenvalue weighted by Crippen LogP contribution is -2.55. The van der Waals surface area contributed by atoms with E-state index < -0.39 is 29.0 Å². The number of nitrogens with one attached hydrogen (secondary N) is 1. The number of carbonyl (C=O) groups is 1. The second-order valence-corrected chi connectivity index (χ2v) is 4.43. The molecule has 1 aromatic rings. The lowest BCUT2D eigenvalue weighted by atomic mass is 9.79. The first kappa shape index (κ1) is 12.5. The van der Waals surface area contributed by atoms with Crippen molar-refractivity contribution in [2.45, 2.75) is 12.0 Å². The molecular formula is C12H13FN2O3. The van der Waals surface area contributed by atoms with Crippen LogP contribution in [0.1, 0.15) is 12.0 Å². The number of piperidine rings is 1. The fourth-order valence-corrected chi connectivity index (χ4v) is 2.29. The molecule has 0 saturated carbocycles. The Balaban J connectivity index is 2.40. The van der Waals surface area contributed by atoms with Crippen LogP contribution in [-0.4, -0.2) is 24.0 Å². The van der Waals surface area contributed by atoms with Crippen molar-refractivity contribution in [2.75, 3.05) is 13.2 Å². The molecule has 0 aliphatic carbocycles. The molecule has 96 valence electrons. The highest BCUT2D eigenvalue weighted by Gasteiger charge is 2.51. The summed E-state index contributed by atoms with van der Waals surface area (Å²) in [6.45, 7) is -0.979. The van der Waals surface area contributed by atoms with Gasteiger partial charge in [-0.05, 0) is 0 Å². The minimum absolute atomic E-state index is 0.0979. The molecule has 0 spiro atoms. The zero-order valence-corrected chi connectivity index (χ0v) is 9.64. The minimum atomic E-state index is -1.42. The second-order valence-electron chi connectivity index (χ2n) is 4.43. The Morgan fingerprint density at radius 3 is 2.67 bits per heavy atom. The molecule has 1 aromatic carbocycles.